The molecule has 1 heterocycles. The van der Waals surface area contributed by atoms with Crippen LogP contribution in [0.25, 0.3) is 0 Å². The van der Waals surface area contributed by atoms with Gasteiger partial charge in [0.05, 0.1) is 0 Å². The third kappa shape index (κ3) is 4.17. The van der Waals surface area contributed by atoms with Crippen molar-refractivity contribution in [3.05, 3.63) is 65.0 Å². The molecule has 0 radical (unpaired) electrons. The Balaban J connectivity index is 2.22. The van der Waals surface area contributed by atoms with E-state index < -0.39 is 0 Å². The van der Waals surface area contributed by atoms with Crippen molar-refractivity contribution in [3.63, 3.8) is 0 Å². The lowest BCUT2D eigenvalue weighted by atomic mass is 9.98. The predicted octanol–water partition coefficient (Wildman–Crippen LogP) is 3.98. The van der Waals surface area contributed by atoms with Crippen molar-refractivity contribution in [3.8, 4) is 0 Å². The van der Waals surface area contributed by atoms with Gasteiger partial charge in [0.15, 0.2) is 0 Å². The van der Waals surface area contributed by atoms with Crippen LogP contribution in [0.3, 0.4) is 0 Å². The van der Waals surface area contributed by atoms with Crippen molar-refractivity contribution in [2.45, 2.75) is 39.7 Å². The van der Waals surface area contributed by atoms with Gasteiger partial charge in [0.25, 0.3) is 0 Å². The molecule has 1 aromatic heterocycles. The molecule has 1 atom stereocenters. The summed E-state index contributed by atoms with van der Waals surface area (Å²) in [7, 11) is 0. The number of hydrogen-bond donors (Lipinski definition) is 1. The summed E-state index contributed by atoms with van der Waals surface area (Å²) in [5.74, 6) is 0. The first kappa shape index (κ1) is 14.7. The highest BCUT2D eigenvalue weighted by atomic mass is 14.9. The molecular weight excluding hydrogens is 244 g/mol. The second kappa shape index (κ2) is 7.20. The molecule has 0 spiro atoms. The minimum absolute atomic E-state index is 0.359. The van der Waals surface area contributed by atoms with Crippen molar-refractivity contribution < 1.29 is 0 Å². The van der Waals surface area contributed by atoms with Crippen LogP contribution in [0.1, 0.15) is 41.9 Å². The molecule has 106 valence electrons. The molecule has 0 aliphatic carbocycles. The Bertz CT molecular complexity index is 514. The zero-order valence-electron chi connectivity index (χ0n) is 12.7. The van der Waals surface area contributed by atoms with Gasteiger partial charge in [-0.1, -0.05) is 37.3 Å². The van der Waals surface area contributed by atoms with Crippen molar-refractivity contribution in [2.75, 3.05) is 6.54 Å². The number of hydrogen-bond acceptors (Lipinski definition) is 2. The molecule has 1 unspecified atom stereocenters. The Morgan fingerprint density at radius 3 is 2.30 bits per heavy atom. The van der Waals surface area contributed by atoms with Crippen LogP contribution in [-0.4, -0.2) is 11.5 Å². The minimum atomic E-state index is 0.359. The summed E-state index contributed by atoms with van der Waals surface area (Å²) in [6, 6.07) is 15.4. The van der Waals surface area contributed by atoms with Crippen LogP contribution in [0.2, 0.25) is 0 Å². The van der Waals surface area contributed by atoms with E-state index in [1.165, 1.54) is 11.1 Å². The van der Waals surface area contributed by atoms with Crippen LogP contribution in [0.4, 0.5) is 0 Å². The van der Waals surface area contributed by atoms with Gasteiger partial charge < -0.3 is 5.32 Å². The molecular formula is C18H24N2. The lowest BCUT2D eigenvalue weighted by Gasteiger charge is -2.20. The molecule has 0 bridgehead atoms. The molecule has 0 amide bonds. The second-order valence-corrected chi connectivity index (χ2v) is 5.38. The van der Waals surface area contributed by atoms with Crippen LogP contribution in [0.5, 0.6) is 0 Å². The molecule has 1 aromatic carbocycles. The van der Waals surface area contributed by atoms with Crippen LogP contribution in [-0.2, 0) is 6.42 Å². The summed E-state index contributed by atoms with van der Waals surface area (Å²) in [4.78, 5) is 4.48. The van der Waals surface area contributed by atoms with Gasteiger partial charge in [0.1, 0.15) is 0 Å². The van der Waals surface area contributed by atoms with Crippen LogP contribution >= 0.6 is 0 Å². The van der Waals surface area contributed by atoms with Crippen molar-refractivity contribution in [1.29, 1.82) is 0 Å². The summed E-state index contributed by atoms with van der Waals surface area (Å²) < 4.78 is 0. The SMILES string of the molecule is CCCNC(Cc1ccccc1)c1cc(C)nc(C)c1. The summed E-state index contributed by atoms with van der Waals surface area (Å²) in [5, 5.41) is 3.66. The van der Waals surface area contributed by atoms with E-state index in [9.17, 15) is 0 Å². The first-order chi connectivity index (χ1) is 9.69. The van der Waals surface area contributed by atoms with Gasteiger partial charge in [-0.2, -0.15) is 0 Å². The minimum Gasteiger partial charge on any atom is -0.310 e. The summed E-state index contributed by atoms with van der Waals surface area (Å²) >= 11 is 0. The topological polar surface area (TPSA) is 24.9 Å². The highest BCUT2D eigenvalue weighted by Crippen LogP contribution is 2.20. The van der Waals surface area contributed by atoms with Gasteiger partial charge in [-0.25, -0.2) is 0 Å². The molecule has 0 saturated carbocycles. The third-order valence-corrected chi connectivity index (χ3v) is 3.43. The summed E-state index contributed by atoms with van der Waals surface area (Å²) in [6.45, 7) is 7.37. The monoisotopic (exact) mass is 268 g/mol. The Labute approximate surface area is 122 Å². The Morgan fingerprint density at radius 2 is 1.70 bits per heavy atom. The lowest BCUT2D eigenvalue weighted by Crippen LogP contribution is -2.24. The van der Waals surface area contributed by atoms with Crippen LogP contribution in [0.15, 0.2) is 42.5 Å². The highest BCUT2D eigenvalue weighted by Gasteiger charge is 2.12. The number of nitrogens with one attached hydrogen (secondary N) is 1. The average molecular weight is 268 g/mol. The lowest BCUT2D eigenvalue weighted by molar-refractivity contribution is 0.528. The first-order valence-corrected chi connectivity index (χ1v) is 7.41. The summed E-state index contributed by atoms with van der Waals surface area (Å²) in [5.41, 5.74) is 4.90. The van der Waals surface area contributed by atoms with Gasteiger partial charge in [-0.3, -0.25) is 4.98 Å². The van der Waals surface area contributed by atoms with E-state index in [2.05, 4.69) is 73.5 Å². The molecule has 20 heavy (non-hydrogen) atoms. The van der Waals surface area contributed by atoms with Crippen LogP contribution < -0.4 is 5.32 Å². The molecule has 0 saturated heterocycles. The van der Waals surface area contributed by atoms with Gasteiger partial charge in [0.2, 0.25) is 0 Å². The Kier molecular flexibility index (Phi) is 5.31. The Hall–Kier alpha value is -1.67. The van der Waals surface area contributed by atoms with Gasteiger partial charge >= 0.3 is 0 Å². The molecule has 2 rings (SSSR count). The van der Waals surface area contributed by atoms with Gasteiger partial charge in [0, 0.05) is 17.4 Å². The standard InChI is InChI=1S/C18H24N2/c1-4-10-19-18(13-16-8-6-5-7-9-16)17-11-14(2)20-15(3)12-17/h5-9,11-12,18-19H,4,10,13H2,1-3H3. The van der Waals surface area contributed by atoms with Crippen molar-refractivity contribution >= 4 is 0 Å². The number of aromatic nitrogens is 1. The van der Waals surface area contributed by atoms with E-state index in [-0.39, 0.29) is 0 Å². The Morgan fingerprint density at radius 1 is 1.05 bits per heavy atom. The smallest absolute Gasteiger partial charge is 0.0379 e. The quantitative estimate of drug-likeness (QED) is 0.857. The van der Waals surface area contributed by atoms with Gasteiger partial charge in [-0.05, 0) is 56.5 Å². The normalized spacial score (nSPS) is 12.3. The summed E-state index contributed by atoms with van der Waals surface area (Å²) in [6.07, 6.45) is 2.16. The van der Waals surface area contributed by atoms with E-state index in [1.54, 1.807) is 0 Å². The zero-order valence-corrected chi connectivity index (χ0v) is 12.7. The fraction of sp³-hybridized carbons (Fsp3) is 0.389. The number of pyridine rings is 1. The van der Waals surface area contributed by atoms with Crippen molar-refractivity contribution in [2.24, 2.45) is 0 Å². The first-order valence-electron chi connectivity index (χ1n) is 7.41. The molecule has 2 heteroatoms. The third-order valence-electron chi connectivity index (χ3n) is 3.43. The molecule has 2 aromatic rings. The van der Waals surface area contributed by atoms with E-state index in [4.69, 9.17) is 0 Å². The number of benzene rings is 1. The van der Waals surface area contributed by atoms with Crippen LogP contribution in [0, 0.1) is 13.8 Å². The van der Waals surface area contributed by atoms with Crippen molar-refractivity contribution in [1.82, 2.24) is 10.3 Å². The maximum absolute atomic E-state index is 4.48. The molecule has 0 aliphatic rings. The number of aryl methyl sites for hydroxylation is 2. The van der Waals surface area contributed by atoms with Gasteiger partial charge in [-0.15, -0.1) is 0 Å². The molecule has 0 aliphatic heterocycles. The fourth-order valence-electron chi connectivity index (χ4n) is 2.54. The largest absolute Gasteiger partial charge is 0.310 e. The maximum Gasteiger partial charge on any atom is 0.0379 e. The zero-order chi connectivity index (χ0) is 14.4. The predicted molar refractivity (Wildman–Crippen MR) is 84.9 cm³/mol. The van der Waals surface area contributed by atoms with E-state index >= 15 is 0 Å². The maximum atomic E-state index is 4.48. The number of nitrogens with zero attached hydrogens (tertiary/aromatic N) is 1. The fourth-order valence-corrected chi connectivity index (χ4v) is 2.54. The van der Waals surface area contributed by atoms with E-state index in [1.807, 2.05) is 0 Å². The highest BCUT2D eigenvalue weighted by molar-refractivity contribution is 5.26. The second-order valence-electron chi connectivity index (χ2n) is 5.38. The molecule has 1 N–H and O–H groups in total. The molecule has 0 fully saturated rings. The van der Waals surface area contributed by atoms with E-state index in [0.717, 1.165) is 30.8 Å². The molecule has 2 nitrogen and oxygen atoms in total. The average Bonchev–Trinajstić information content (AvgIpc) is 2.43. The van der Waals surface area contributed by atoms with E-state index in [0.29, 0.717) is 6.04 Å². The number of rotatable bonds is 6.